The normalized spacial score (nSPS) is 12.9. The Kier molecular flexibility index (Phi) is 3.57. The number of hydrogen-bond acceptors (Lipinski definition) is 4. The summed E-state index contributed by atoms with van der Waals surface area (Å²) in [4.78, 5) is 27.2. The molecule has 0 saturated heterocycles. The molecule has 2 amide bonds. The molecular formula is C14H10BrN3O3. The maximum Gasteiger partial charge on any atom is 0.262 e. The average Bonchev–Trinajstić information content (AvgIpc) is 2.47. The quantitative estimate of drug-likeness (QED) is 0.874. The number of halogens is 1. The maximum atomic E-state index is 12.1. The van der Waals surface area contributed by atoms with Gasteiger partial charge in [0.25, 0.3) is 11.8 Å². The predicted octanol–water partition coefficient (Wildman–Crippen LogP) is 2.43. The highest BCUT2D eigenvalue weighted by Crippen LogP contribution is 2.30. The van der Waals surface area contributed by atoms with Crippen LogP contribution in [0.5, 0.6) is 5.75 Å². The van der Waals surface area contributed by atoms with Crippen LogP contribution in [0.1, 0.15) is 10.4 Å². The van der Waals surface area contributed by atoms with Gasteiger partial charge in [0.05, 0.1) is 11.3 Å². The maximum absolute atomic E-state index is 12.1. The summed E-state index contributed by atoms with van der Waals surface area (Å²) in [6, 6.07) is 6.72. The zero-order valence-electron chi connectivity index (χ0n) is 10.7. The number of carbonyl (C=O) groups excluding carboxylic acids is 2. The lowest BCUT2D eigenvalue weighted by atomic mass is 10.2. The summed E-state index contributed by atoms with van der Waals surface area (Å²) in [6.07, 6.45) is 3.08. The summed E-state index contributed by atoms with van der Waals surface area (Å²) >= 11 is 3.27. The van der Waals surface area contributed by atoms with Gasteiger partial charge in [-0.15, -0.1) is 0 Å². The minimum absolute atomic E-state index is 0.0278. The number of nitrogens with zero attached hydrogens (tertiary/aromatic N) is 1. The molecule has 106 valence electrons. The van der Waals surface area contributed by atoms with E-state index in [9.17, 15) is 9.59 Å². The lowest BCUT2D eigenvalue weighted by Gasteiger charge is -2.18. The number of fused-ring (bicyclic) bond motifs is 1. The van der Waals surface area contributed by atoms with Crippen molar-refractivity contribution in [3.8, 4) is 5.75 Å². The molecule has 1 aromatic carbocycles. The van der Waals surface area contributed by atoms with Crippen LogP contribution in [0.15, 0.2) is 41.1 Å². The third-order valence-corrected chi connectivity index (χ3v) is 3.27. The molecule has 2 heterocycles. The highest BCUT2D eigenvalue weighted by atomic mass is 79.9. The van der Waals surface area contributed by atoms with Crippen LogP contribution >= 0.6 is 15.9 Å². The monoisotopic (exact) mass is 347 g/mol. The van der Waals surface area contributed by atoms with Crippen molar-refractivity contribution >= 4 is 39.1 Å². The van der Waals surface area contributed by atoms with E-state index in [2.05, 4.69) is 31.5 Å². The average molecular weight is 348 g/mol. The van der Waals surface area contributed by atoms with Crippen LogP contribution in [0.25, 0.3) is 0 Å². The first-order chi connectivity index (χ1) is 10.1. The van der Waals surface area contributed by atoms with Gasteiger partial charge in [0.15, 0.2) is 6.61 Å². The topological polar surface area (TPSA) is 80.3 Å². The molecular weight excluding hydrogens is 338 g/mol. The van der Waals surface area contributed by atoms with Crippen LogP contribution in [0.2, 0.25) is 0 Å². The third-order valence-electron chi connectivity index (χ3n) is 2.84. The van der Waals surface area contributed by atoms with Gasteiger partial charge < -0.3 is 15.4 Å². The summed E-state index contributed by atoms with van der Waals surface area (Å²) in [6.45, 7) is -0.0278. The van der Waals surface area contributed by atoms with Crippen LogP contribution in [0.3, 0.4) is 0 Å². The van der Waals surface area contributed by atoms with Crippen LogP contribution in [0.4, 0.5) is 11.4 Å². The molecule has 0 spiro atoms. The van der Waals surface area contributed by atoms with Crippen molar-refractivity contribution in [3.63, 3.8) is 0 Å². The molecule has 7 heteroatoms. The molecule has 0 bridgehead atoms. The first kappa shape index (κ1) is 13.6. The number of anilines is 2. The number of rotatable bonds is 2. The molecule has 2 aromatic rings. The van der Waals surface area contributed by atoms with Gasteiger partial charge in [-0.25, -0.2) is 0 Å². The Morgan fingerprint density at radius 1 is 1.33 bits per heavy atom. The second-order valence-corrected chi connectivity index (χ2v) is 5.31. The molecule has 0 atom stereocenters. The Morgan fingerprint density at radius 2 is 2.19 bits per heavy atom. The molecule has 6 nitrogen and oxygen atoms in total. The summed E-state index contributed by atoms with van der Waals surface area (Å²) in [7, 11) is 0. The van der Waals surface area contributed by atoms with Gasteiger partial charge in [0, 0.05) is 28.6 Å². The lowest BCUT2D eigenvalue weighted by molar-refractivity contribution is -0.118. The Labute approximate surface area is 128 Å². The first-order valence-electron chi connectivity index (χ1n) is 6.10. The van der Waals surface area contributed by atoms with Crippen molar-refractivity contribution in [2.45, 2.75) is 0 Å². The molecule has 0 saturated carbocycles. The van der Waals surface area contributed by atoms with E-state index in [0.717, 1.165) is 4.47 Å². The van der Waals surface area contributed by atoms with Crippen molar-refractivity contribution in [2.75, 3.05) is 17.2 Å². The number of hydrogen-bond donors (Lipinski definition) is 2. The highest BCUT2D eigenvalue weighted by molar-refractivity contribution is 9.10. The predicted molar refractivity (Wildman–Crippen MR) is 80.5 cm³/mol. The van der Waals surface area contributed by atoms with E-state index in [4.69, 9.17) is 4.74 Å². The third kappa shape index (κ3) is 3.03. The Morgan fingerprint density at radius 3 is 3.00 bits per heavy atom. The van der Waals surface area contributed by atoms with Gasteiger partial charge in [-0.1, -0.05) is 0 Å². The number of ether oxygens (including phenoxy) is 1. The van der Waals surface area contributed by atoms with Crippen molar-refractivity contribution in [2.24, 2.45) is 0 Å². The van der Waals surface area contributed by atoms with Crippen molar-refractivity contribution in [1.29, 1.82) is 0 Å². The van der Waals surface area contributed by atoms with Gasteiger partial charge in [-0.05, 0) is 34.1 Å². The van der Waals surface area contributed by atoms with Gasteiger partial charge in [-0.2, -0.15) is 0 Å². The fourth-order valence-electron chi connectivity index (χ4n) is 1.89. The number of aromatic nitrogens is 1. The van der Waals surface area contributed by atoms with Crippen LogP contribution in [0, 0.1) is 0 Å². The van der Waals surface area contributed by atoms with Crippen molar-refractivity contribution < 1.29 is 14.3 Å². The second kappa shape index (κ2) is 5.53. The van der Waals surface area contributed by atoms with E-state index >= 15 is 0 Å². The highest BCUT2D eigenvalue weighted by Gasteiger charge is 2.16. The fourth-order valence-corrected chi connectivity index (χ4v) is 2.26. The van der Waals surface area contributed by atoms with E-state index in [1.165, 1.54) is 6.20 Å². The van der Waals surface area contributed by atoms with E-state index in [0.29, 0.717) is 22.7 Å². The molecule has 0 unspecified atom stereocenters. The lowest BCUT2D eigenvalue weighted by Crippen LogP contribution is -2.25. The van der Waals surface area contributed by atoms with E-state index in [1.54, 1.807) is 30.5 Å². The summed E-state index contributed by atoms with van der Waals surface area (Å²) < 4.78 is 6.03. The minimum atomic E-state index is -0.274. The zero-order valence-corrected chi connectivity index (χ0v) is 12.3. The number of pyridine rings is 1. The number of carbonyl (C=O) groups is 2. The van der Waals surface area contributed by atoms with Gasteiger partial charge >= 0.3 is 0 Å². The van der Waals surface area contributed by atoms with E-state index in [-0.39, 0.29) is 18.4 Å². The fraction of sp³-hybridized carbons (Fsp3) is 0.0714. The standard InChI is InChI=1S/C14H10BrN3O3/c15-9-3-8(5-16-6-9)14(20)17-10-1-2-11-12(4-10)21-7-13(19)18-11/h1-6H,7H2,(H,17,20)(H,18,19). The Hall–Kier alpha value is -2.41. The minimum Gasteiger partial charge on any atom is -0.482 e. The molecule has 1 aliphatic rings. The number of amides is 2. The molecule has 1 aromatic heterocycles. The molecule has 1 aliphatic heterocycles. The largest absolute Gasteiger partial charge is 0.482 e. The SMILES string of the molecule is O=C1COc2cc(NC(=O)c3cncc(Br)c3)ccc2N1. The Bertz CT molecular complexity index is 733. The summed E-state index contributed by atoms with van der Waals surface area (Å²) in [5.41, 5.74) is 1.61. The van der Waals surface area contributed by atoms with E-state index in [1.807, 2.05) is 0 Å². The van der Waals surface area contributed by atoms with Crippen LogP contribution in [-0.4, -0.2) is 23.4 Å². The summed E-state index contributed by atoms with van der Waals surface area (Å²) in [5.74, 6) is 0.0582. The molecule has 2 N–H and O–H groups in total. The van der Waals surface area contributed by atoms with Gasteiger partial charge in [-0.3, -0.25) is 14.6 Å². The first-order valence-corrected chi connectivity index (χ1v) is 6.90. The van der Waals surface area contributed by atoms with Gasteiger partial charge in [0.2, 0.25) is 0 Å². The molecule has 21 heavy (non-hydrogen) atoms. The Balaban J connectivity index is 1.79. The summed E-state index contributed by atoms with van der Waals surface area (Å²) in [5, 5.41) is 5.44. The molecule has 3 rings (SSSR count). The molecule has 0 fully saturated rings. The number of nitrogens with one attached hydrogen (secondary N) is 2. The smallest absolute Gasteiger partial charge is 0.262 e. The number of benzene rings is 1. The second-order valence-electron chi connectivity index (χ2n) is 4.39. The van der Waals surface area contributed by atoms with Crippen molar-refractivity contribution in [3.05, 3.63) is 46.7 Å². The zero-order chi connectivity index (χ0) is 14.8. The van der Waals surface area contributed by atoms with Crippen LogP contribution < -0.4 is 15.4 Å². The van der Waals surface area contributed by atoms with Crippen molar-refractivity contribution in [1.82, 2.24) is 4.98 Å². The molecule has 0 aliphatic carbocycles. The van der Waals surface area contributed by atoms with Crippen LogP contribution in [-0.2, 0) is 4.79 Å². The van der Waals surface area contributed by atoms with E-state index < -0.39 is 0 Å². The molecule has 0 radical (unpaired) electrons. The van der Waals surface area contributed by atoms with Gasteiger partial charge in [0.1, 0.15) is 5.75 Å².